The van der Waals surface area contributed by atoms with Crippen molar-refractivity contribution in [2.45, 2.75) is 19.0 Å². The van der Waals surface area contributed by atoms with Crippen LogP contribution in [0.4, 0.5) is 0 Å². The summed E-state index contributed by atoms with van der Waals surface area (Å²) in [6, 6.07) is 14.7. The lowest BCUT2D eigenvalue weighted by Gasteiger charge is -2.20. The Morgan fingerprint density at radius 1 is 1.04 bits per heavy atom. The smallest absolute Gasteiger partial charge is 0.321 e. The van der Waals surface area contributed by atoms with E-state index in [1.807, 2.05) is 36.4 Å². The number of H-pyrrole nitrogens is 1. The molecule has 0 fully saturated rings. The van der Waals surface area contributed by atoms with Gasteiger partial charge in [-0.15, -0.1) is 0 Å². The Morgan fingerprint density at radius 2 is 1.67 bits per heavy atom. The summed E-state index contributed by atoms with van der Waals surface area (Å²) in [7, 11) is 0. The molecule has 3 aromatic rings. The van der Waals surface area contributed by atoms with Crippen molar-refractivity contribution in [2.75, 3.05) is 0 Å². The Bertz CT molecular complexity index is 855. The van der Waals surface area contributed by atoms with E-state index in [0.29, 0.717) is 23.0 Å². The van der Waals surface area contributed by atoms with Crippen LogP contribution in [0.1, 0.15) is 11.3 Å². The quantitative estimate of drug-likeness (QED) is 0.605. The van der Waals surface area contributed by atoms with Crippen molar-refractivity contribution in [1.29, 1.82) is 0 Å². The second-order valence-corrected chi connectivity index (χ2v) is 6.33. The normalized spacial score (nSPS) is 16.2. The van der Waals surface area contributed by atoms with Crippen LogP contribution in [0.25, 0.3) is 10.9 Å². The van der Waals surface area contributed by atoms with Crippen molar-refractivity contribution in [3.05, 3.63) is 69.8 Å². The second-order valence-electron chi connectivity index (χ2n) is 5.52. The van der Waals surface area contributed by atoms with Crippen molar-refractivity contribution < 1.29 is 9.90 Å². The molecule has 6 heteroatoms. The summed E-state index contributed by atoms with van der Waals surface area (Å²) in [5.74, 6) is -0.782. The number of aromatic amines is 1. The zero-order valence-electron chi connectivity index (χ0n) is 12.7. The number of carbonyl (C=O) groups is 1. The molecule has 1 aromatic heterocycles. The summed E-state index contributed by atoms with van der Waals surface area (Å²) in [5, 5.41) is 14.4. The molecule has 0 bridgehead atoms. The van der Waals surface area contributed by atoms with E-state index in [9.17, 15) is 4.79 Å². The minimum Gasteiger partial charge on any atom is -0.480 e. The lowest BCUT2D eigenvalue weighted by molar-refractivity contribution is -0.139. The van der Waals surface area contributed by atoms with Crippen LogP contribution >= 0.6 is 23.2 Å². The maximum atomic E-state index is 10.9. The van der Waals surface area contributed by atoms with Crippen LogP contribution in [0.2, 0.25) is 10.0 Å². The first kappa shape index (κ1) is 16.8. The molecule has 0 spiro atoms. The third-order valence-electron chi connectivity index (χ3n) is 3.96. The van der Waals surface area contributed by atoms with Gasteiger partial charge < -0.3 is 10.1 Å². The minimum absolute atomic E-state index is 0.466. The fourth-order valence-corrected chi connectivity index (χ4v) is 3.03. The van der Waals surface area contributed by atoms with Gasteiger partial charge in [0.25, 0.3) is 0 Å². The van der Waals surface area contributed by atoms with Crippen molar-refractivity contribution in [3.8, 4) is 0 Å². The van der Waals surface area contributed by atoms with Crippen LogP contribution in [0.5, 0.6) is 0 Å². The fraction of sp³-hybridized carbons (Fsp3) is 0.167. The first-order chi connectivity index (χ1) is 11.6. The Hall–Kier alpha value is -2.01. The third-order valence-corrected chi connectivity index (χ3v) is 4.71. The largest absolute Gasteiger partial charge is 0.480 e. The van der Waals surface area contributed by atoms with Gasteiger partial charge in [-0.3, -0.25) is 10.1 Å². The van der Waals surface area contributed by atoms with E-state index in [1.54, 1.807) is 12.1 Å². The SMILES string of the molecule is Clc1ccccc1Cl.O=C(O)C1Cc2c([nH]c3ccccc23)CN1. The highest BCUT2D eigenvalue weighted by atomic mass is 35.5. The van der Waals surface area contributed by atoms with E-state index in [-0.39, 0.29) is 0 Å². The number of rotatable bonds is 1. The fourth-order valence-electron chi connectivity index (χ4n) is 2.76. The molecule has 124 valence electrons. The summed E-state index contributed by atoms with van der Waals surface area (Å²) < 4.78 is 0. The van der Waals surface area contributed by atoms with E-state index < -0.39 is 12.0 Å². The van der Waals surface area contributed by atoms with Crippen molar-refractivity contribution in [1.82, 2.24) is 10.3 Å². The molecule has 0 aliphatic carbocycles. The lowest BCUT2D eigenvalue weighted by Crippen LogP contribution is -2.41. The van der Waals surface area contributed by atoms with Crippen molar-refractivity contribution in [3.63, 3.8) is 0 Å². The summed E-state index contributed by atoms with van der Waals surface area (Å²) in [4.78, 5) is 14.3. The molecule has 1 unspecified atom stereocenters. The number of hydrogen-bond acceptors (Lipinski definition) is 2. The first-order valence-corrected chi connectivity index (χ1v) is 8.26. The zero-order chi connectivity index (χ0) is 17.1. The highest BCUT2D eigenvalue weighted by Gasteiger charge is 2.26. The summed E-state index contributed by atoms with van der Waals surface area (Å²) >= 11 is 11.2. The van der Waals surface area contributed by atoms with Gasteiger partial charge in [0.15, 0.2) is 0 Å². The van der Waals surface area contributed by atoms with Gasteiger partial charge in [0.1, 0.15) is 6.04 Å². The van der Waals surface area contributed by atoms with Gasteiger partial charge in [-0.05, 0) is 23.8 Å². The van der Waals surface area contributed by atoms with Crippen LogP contribution in [-0.4, -0.2) is 22.1 Å². The van der Waals surface area contributed by atoms with Crippen LogP contribution in [0.3, 0.4) is 0 Å². The molecule has 0 saturated heterocycles. The summed E-state index contributed by atoms with van der Waals surface area (Å²) in [6.07, 6.45) is 0.550. The van der Waals surface area contributed by atoms with E-state index in [4.69, 9.17) is 28.3 Å². The van der Waals surface area contributed by atoms with Gasteiger partial charge >= 0.3 is 5.97 Å². The van der Waals surface area contributed by atoms with Gasteiger partial charge in [0.05, 0.1) is 10.0 Å². The standard InChI is InChI=1S/C12H12N2O2.C6H4Cl2/c15-12(16)10-5-8-7-3-1-2-4-9(7)14-11(8)6-13-10;7-5-3-1-2-4-6(5)8/h1-4,10,13-14H,5-6H2,(H,15,16);1-4H. The van der Waals surface area contributed by atoms with E-state index in [1.165, 1.54) is 0 Å². The number of carboxylic acid groups (broad SMARTS) is 1. The average molecular weight is 363 g/mol. The molecule has 2 aromatic carbocycles. The van der Waals surface area contributed by atoms with Gasteiger partial charge in [0, 0.05) is 29.6 Å². The van der Waals surface area contributed by atoms with Gasteiger partial charge in [-0.25, -0.2) is 0 Å². The molecular weight excluding hydrogens is 347 g/mol. The lowest BCUT2D eigenvalue weighted by atomic mass is 9.99. The molecule has 0 radical (unpaired) electrons. The summed E-state index contributed by atoms with van der Waals surface area (Å²) in [6.45, 7) is 0.598. The number of aromatic nitrogens is 1. The van der Waals surface area contributed by atoms with Crippen LogP contribution in [-0.2, 0) is 17.8 Å². The van der Waals surface area contributed by atoms with Crippen molar-refractivity contribution >= 4 is 40.1 Å². The number of benzene rings is 2. The molecule has 1 aliphatic rings. The van der Waals surface area contributed by atoms with E-state index in [0.717, 1.165) is 22.2 Å². The van der Waals surface area contributed by atoms with Gasteiger partial charge in [-0.2, -0.15) is 0 Å². The van der Waals surface area contributed by atoms with E-state index >= 15 is 0 Å². The second kappa shape index (κ2) is 7.26. The molecule has 24 heavy (non-hydrogen) atoms. The molecule has 0 saturated carbocycles. The highest BCUT2D eigenvalue weighted by molar-refractivity contribution is 6.41. The van der Waals surface area contributed by atoms with Gasteiger partial charge in [-0.1, -0.05) is 53.5 Å². The Morgan fingerprint density at radius 3 is 2.29 bits per heavy atom. The number of halogens is 2. The number of hydrogen-bond donors (Lipinski definition) is 3. The number of nitrogens with one attached hydrogen (secondary N) is 2. The predicted octanol–water partition coefficient (Wildman–Crippen LogP) is 4.26. The zero-order valence-corrected chi connectivity index (χ0v) is 14.2. The third kappa shape index (κ3) is 3.56. The van der Waals surface area contributed by atoms with Crippen LogP contribution < -0.4 is 5.32 Å². The Balaban J connectivity index is 0.000000179. The van der Waals surface area contributed by atoms with Gasteiger partial charge in [0.2, 0.25) is 0 Å². The monoisotopic (exact) mass is 362 g/mol. The molecule has 1 atom stereocenters. The topological polar surface area (TPSA) is 65.1 Å². The maximum absolute atomic E-state index is 10.9. The predicted molar refractivity (Wildman–Crippen MR) is 96.7 cm³/mol. The minimum atomic E-state index is -0.782. The molecule has 4 rings (SSSR count). The number of fused-ring (bicyclic) bond motifs is 3. The molecule has 4 nitrogen and oxygen atoms in total. The molecule has 1 aliphatic heterocycles. The van der Waals surface area contributed by atoms with Crippen LogP contribution in [0, 0.1) is 0 Å². The molecular formula is C18H16Cl2N2O2. The van der Waals surface area contributed by atoms with Crippen molar-refractivity contribution in [2.24, 2.45) is 0 Å². The molecule has 2 heterocycles. The average Bonchev–Trinajstić information content (AvgIpc) is 2.96. The Kier molecular flexibility index (Phi) is 5.09. The van der Waals surface area contributed by atoms with Crippen LogP contribution in [0.15, 0.2) is 48.5 Å². The number of carboxylic acids is 1. The summed E-state index contributed by atoms with van der Waals surface area (Å²) in [5.41, 5.74) is 3.33. The van der Waals surface area contributed by atoms with E-state index in [2.05, 4.69) is 10.3 Å². The number of aliphatic carboxylic acids is 1. The molecule has 0 amide bonds. The molecule has 3 N–H and O–H groups in total. The number of para-hydroxylation sites is 1. The maximum Gasteiger partial charge on any atom is 0.321 e. The Labute approximate surface area is 149 Å². The first-order valence-electron chi connectivity index (χ1n) is 7.51. The highest BCUT2D eigenvalue weighted by Crippen LogP contribution is 2.26.